The average molecular weight is 372 g/mol. The number of carbonyl (C=O) groups excluding carboxylic acids is 2. The maximum Gasteiger partial charge on any atom is 0.377 e. The Morgan fingerprint density at radius 2 is 1.64 bits per heavy atom. The van der Waals surface area contributed by atoms with E-state index in [9.17, 15) is 14.4 Å². The maximum absolute atomic E-state index is 12.0. The summed E-state index contributed by atoms with van der Waals surface area (Å²) in [7, 11) is 0. The van der Waals surface area contributed by atoms with Gasteiger partial charge in [0.2, 0.25) is 0 Å². The molecule has 0 fully saturated rings. The summed E-state index contributed by atoms with van der Waals surface area (Å²) in [5.74, 6) is -2.59. The van der Waals surface area contributed by atoms with Crippen molar-refractivity contribution < 1.29 is 19.5 Å². The fourth-order valence-electron chi connectivity index (χ4n) is 3.16. The first-order chi connectivity index (χ1) is 13.5. The van der Waals surface area contributed by atoms with E-state index in [0.717, 1.165) is 11.1 Å². The van der Waals surface area contributed by atoms with Crippen molar-refractivity contribution in [1.82, 2.24) is 4.57 Å². The van der Waals surface area contributed by atoms with Crippen molar-refractivity contribution >= 4 is 18.0 Å². The maximum atomic E-state index is 12.0. The Hall–Kier alpha value is -3.98. The third kappa shape index (κ3) is 3.33. The minimum Gasteiger partial charge on any atom is -0.475 e. The highest BCUT2D eigenvalue weighted by atomic mass is 16.4. The number of aldehydes is 1. The summed E-state index contributed by atoms with van der Waals surface area (Å²) in [4.78, 5) is 34.6. The van der Waals surface area contributed by atoms with Crippen molar-refractivity contribution in [3.8, 4) is 22.9 Å². The number of benzene rings is 2. The van der Waals surface area contributed by atoms with Gasteiger partial charge < -0.3 is 9.67 Å². The van der Waals surface area contributed by atoms with Gasteiger partial charge in [0, 0.05) is 11.4 Å². The molecule has 1 heterocycles. The van der Waals surface area contributed by atoms with Crippen LogP contribution < -0.4 is 0 Å². The Bertz CT molecular complexity index is 1100. The van der Waals surface area contributed by atoms with Gasteiger partial charge in [-0.05, 0) is 47.9 Å². The Morgan fingerprint density at radius 1 is 1.07 bits per heavy atom. The van der Waals surface area contributed by atoms with Crippen LogP contribution in [0.3, 0.4) is 0 Å². The van der Waals surface area contributed by atoms with Crippen LogP contribution in [-0.2, 0) is 11.2 Å². The molecule has 0 aliphatic heterocycles. The molecule has 0 saturated carbocycles. The van der Waals surface area contributed by atoms with Gasteiger partial charge in [0.1, 0.15) is 0 Å². The van der Waals surface area contributed by atoms with E-state index in [1.807, 2.05) is 24.3 Å². The number of carboxylic acid groups (broad SMARTS) is 1. The molecule has 0 unspecified atom stereocenters. The summed E-state index contributed by atoms with van der Waals surface area (Å²) in [6, 6.07) is 17.9. The van der Waals surface area contributed by atoms with Crippen LogP contribution in [0.25, 0.3) is 16.8 Å². The predicted molar refractivity (Wildman–Crippen MR) is 103 cm³/mol. The minimum atomic E-state index is -1.56. The van der Waals surface area contributed by atoms with Crippen LogP contribution in [0.15, 0.2) is 54.6 Å². The molecular formula is C22H16N2O4. The van der Waals surface area contributed by atoms with E-state index < -0.39 is 11.8 Å². The Labute approximate surface area is 161 Å². The molecule has 0 spiro atoms. The van der Waals surface area contributed by atoms with Crippen molar-refractivity contribution in [1.29, 1.82) is 5.26 Å². The van der Waals surface area contributed by atoms with Crippen LogP contribution in [0, 0.1) is 11.3 Å². The van der Waals surface area contributed by atoms with Gasteiger partial charge in [0.05, 0.1) is 22.9 Å². The average Bonchev–Trinajstić information content (AvgIpc) is 3.11. The highest BCUT2D eigenvalue weighted by Crippen LogP contribution is 2.26. The van der Waals surface area contributed by atoms with Gasteiger partial charge >= 0.3 is 5.97 Å². The summed E-state index contributed by atoms with van der Waals surface area (Å²) >= 11 is 0. The highest BCUT2D eigenvalue weighted by molar-refractivity contribution is 6.40. The molecule has 6 heteroatoms. The zero-order chi connectivity index (χ0) is 20.3. The SMILES string of the molecule is CCc1c(C(=O)C(=O)O)cc(C=O)n1-c1ccc(-c2ccc(C#N)cc2)cc1. The Balaban J connectivity index is 2.06. The van der Waals surface area contributed by atoms with E-state index in [1.54, 1.807) is 35.8 Å². The molecule has 138 valence electrons. The largest absolute Gasteiger partial charge is 0.475 e. The van der Waals surface area contributed by atoms with E-state index >= 15 is 0 Å². The molecule has 2 aromatic carbocycles. The van der Waals surface area contributed by atoms with Crippen molar-refractivity contribution in [3.05, 3.63) is 77.1 Å². The normalized spacial score (nSPS) is 10.3. The van der Waals surface area contributed by atoms with Crippen LogP contribution in [0.2, 0.25) is 0 Å². The highest BCUT2D eigenvalue weighted by Gasteiger charge is 2.24. The lowest BCUT2D eigenvalue weighted by Crippen LogP contribution is -2.14. The van der Waals surface area contributed by atoms with Gasteiger partial charge in [-0.15, -0.1) is 0 Å². The topological polar surface area (TPSA) is 100 Å². The fraction of sp³-hybridized carbons (Fsp3) is 0.0909. The minimum absolute atomic E-state index is 0.0215. The summed E-state index contributed by atoms with van der Waals surface area (Å²) < 4.78 is 1.60. The quantitative estimate of drug-likeness (QED) is 0.404. The Kier molecular flexibility index (Phi) is 5.18. The van der Waals surface area contributed by atoms with Crippen LogP contribution in [0.1, 0.15) is 39.0 Å². The van der Waals surface area contributed by atoms with Crippen LogP contribution >= 0.6 is 0 Å². The van der Waals surface area contributed by atoms with Crippen molar-refractivity contribution in [2.45, 2.75) is 13.3 Å². The second kappa shape index (κ2) is 7.72. The molecule has 0 atom stereocenters. The first kappa shape index (κ1) is 18.8. The van der Waals surface area contributed by atoms with Gasteiger partial charge in [-0.1, -0.05) is 31.2 Å². The number of aliphatic carboxylic acids is 1. The van der Waals surface area contributed by atoms with E-state index in [2.05, 4.69) is 6.07 Å². The molecule has 1 aromatic heterocycles. The molecular weight excluding hydrogens is 356 g/mol. The standard InChI is InChI=1S/C22H16N2O4/c1-2-20-19(21(26)22(27)28)11-18(13-25)24(20)17-9-7-16(8-10-17)15-5-3-14(12-23)4-6-15/h3-11,13H,2H2,1H3,(H,27,28). The Morgan fingerprint density at radius 3 is 2.11 bits per heavy atom. The molecule has 3 rings (SSSR count). The van der Waals surface area contributed by atoms with Gasteiger partial charge in [-0.3, -0.25) is 9.59 Å². The number of hydrogen-bond donors (Lipinski definition) is 1. The lowest BCUT2D eigenvalue weighted by atomic mass is 10.0. The third-order valence-corrected chi connectivity index (χ3v) is 4.50. The second-order valence-corrected chi connectivity index (χ2v) is 6.11. The van der Waals surface area contributed by atoms with Crippen molar-refractivity contribution in [3.63, 3.8) is 0 Å². The zero-order valence-corrected chi connectivity index (χ0v) is 15.0. The number of nitriles is 1. The molecule has 28 heavy (non-hydrogen) atoms. The van der Waals surface area contributed by atoms with Crippen molar-refractivity contribution in [2.24, 2.45) is 0 Å². The molecule has 3 aromatic rings. The van der Waals surface area contributed by atoms with E-state index in [0.29, 0.717) is 29.7 Å². The molecule has 0 aliphatic carbocycles. The molecule has 0 radical (unpaired) electrons. The van der Waals surface area contributed by atoms with Crippen LogP contribution in [0.4, 0.5) is 0 Å². The van der Waals surface area contributed by atoms with Crippen LogP contribution in [-0.4, -0.2) is 27.7 Å². The second-order valence-electron chi connectivity index (χ2n) is 6.11. The van der Waals surface area contributed by atoms with E-state index in [-0.39, 0.29) is 11.3 Å². The summed E-state index contributed by atoms with van der Waals surface area (Å²) in [5, 5.41) is 17.9. The molecule has 0 bridgehead atoms. The molecule has 1 N–H and O–H groups in total. The number of nitrogens with zero attached hydrogens (tertiary/aromatic N) is 2. The first-order valence-corrected chi connectivity index (χ1v) is 8.58. The van der Waals surface area contributed by atoms with Gasteiger partial charge in [0.15, 0.2) is 6.29 Å². The van der Waals surface area contributed by atoms with Gasteiger partial charge in [-0.25, -0.2) is 4.79 Å². The summed E-state index contributed by atoms with van der Waals surface area (Å²) in [6.45, 7) is 1.80. The fourth-order valence-corrected chi connectivity index (χ4v) is 3.16. The summed E-state index contributed by atoms with van der Waals surface area (Å²) in [6.07, 6.45) is 0.992. The lowest BCUT2D eigenvalue weighted by molar-refractivity contribution is -0.131. The van der Waals surface area contributed by atoms with Crippen molar-refractivity contribution in [2.75, 3.05) is 0 Å². The molecule has 0 aliphatic rings. The number of hydrogen-bond acceptors (Lipinski definition) is 4. The number of ketones is 1. The van der Waals surface area contributed by atoms with Gasteiger partial charge in [-0.2, -0.15) is 5.26 Å². The molecule has 0 saturated heterocycles. The lowest BCUT2D eigenvalue weighted by Gasteiger charge is -2.12. The zero-order valence-electron chi connectivity index (χ0n) is 15.0. The molecule has 6 nitrogen and oxygen atoms in total. The monoisotopic (exact) mass is 372 g/mol. The number of aromatic nitrogens is 1. The number of carboxylic acids is 1. The molecule has 0 amide bonds. The van der Waals surface area contributed by atoms with Gasteiger partial charge in [0.25, 0.3) is 5.78 Å². The summed E-state index contributed by atoms with van der Waals surface area (Å²) in [5.41, 5.74) is 3.80. The number of Topliss-reactive ketones (excluding diaryl/α,β-unsaturated/α-hetero) is 1. The third-order valence-electron chi connectivity index (χ3n) is 4.50. The number of rotatable bonds is 6. The predicted octanol–water partition coefficient (Wildman–Crippen LogP) is 3.66. The first-order valence-electron chi connectivity index (χ1n) is 8.58. The smallest absolute Gasteiger partial charge is 0.377 e. The van der Waals surface area contributed by atoms with Crippen LogP contribution in [0.5, 0.6) is 0 Å². The van der Waals surface area contributed by atoms with E-state index in [1.165, 1.54) is 6.07 Å². The number of carbonyl (C=O) groups is 3. The van der Waals surface area contributed by atoms with E-state index in [4.69, 9.17) is 10.4 Å².